The molecule has 1 aromatic rings. The molecule has 0 spiro atoms. The van der Waals surface area contributed by atoms with E-state index in [9.17, 15) is 4.79 Å². The van der Waals surface area contributed by atoms with Crippen molar-refractivity contribution >= 4 is 5.97 Å². The van der Waals surface area contributed by atoms with Gasteiger partial charge in [-0.05, 0) is 92.4 Å². The zero-order valence-electron chi connectivity index (χ0n) is 21.1. The second-order valence-corrected chi connectivity index (χ2v) is 11.3. The first-order valence-electron chi connectivity index (χ1n) is 14.0. The normalized spacial score (nSPS) is 32.1. The Bertz CT molecular complexity index is 719. The first-order chi connectivity index (χ1) is 16.2. The highest BCUT2D eigenvalue weighted by molar-refractivity contribution is 5.75. The summed E-state index contributed by atoms with van der Waals surface area (Å²) in [6.07, 6.45) is 20.4. The average Bonchev–Trinajstić information content (AvgIpc) is 2.86. The number of carbonyl (C=O) groups is 1. The Labute approximate surface area is 202 Å². The number of hydrogen-bond donors (Lipinski definition) is 0. The zero-order chi connectivity index (χ0) is 23.0. The smallest absolute Gasteiger partial charge is 0.314 e. The number of methoxy groups -OCH3 is 1. The van der Waals surface area contributed by atoms with Crippen molar-refractivity contribution in [3.63, 3.8) is 0 Å². The summed E-state index contributed by atoms with van der Waals surface area (Å²) in [5.74, 6) is 5.64. The number of unbranched alkanes of at least 4 members (excludes halogenated alkanes) is 3. The highest BCUT2D eigenvalue weighted by Crippen LogP contribution is 2.50. The average molecular weight is 455 g/mol. The molecule has 1 aromatic carbocycles. The third-order valence-corrected chi connectivity index (χ3v) is 9.29. The van der Waals surface area contributed by atoms with Crippen LogP contribution in [0, 0.1) is 35.5 Å². The van der Waals surface area contributed by atoms with Crippen molar-refractivity contribution in [3.8, 4) is 11.5 Å². The summed E-state index contributed by atoms with van der Waals surface area (Å²) in [5, 5.41) is 0. The van der Waals surface area contributed by atoms with Crippen LogP contribution in [0.3, 0.4) is 0 Å². The van der Waals surface area contributed by atoms with Crippen LogP contribution in [0.15, 0.2) is 24.3 Å². The number of fused-ring (bicyclic) bond motifs is 1. The molecule has 0 N–H and O–H groups in total. The van der Waals surface area contributed by atoms with Crippen molar-refractivity contribution in [2.75, 3.05) is 7.11 Å². The first kappa shape index (κ1) is 24.6. The van der Waals surface area contributed by atoms with E-state index in [4.69, 9.17) is 9.47 Å². The predicted octanol–water partition coefficient (Wildman–Crippen LogP) is 8.21. The summed E-state index contributed by atoms with van der Waals surface area (Å²) in [4.78, 5) is 13.1. The lowest BCUT2D eigenvalue weighted by Gasteiger charge is -2.46. The Hall–Kier alpha value is -1.51. The topological polar surface area (TPSA) is 35.5 Å². The quantitative estimate of drug-likeness (QED) is 0.214. The van der Waals surface area contributed by atoms with Crippen LogP contribution in [0.1, 0.15) is 103 Å². The van der Waals surface area contributed by atoms with E-state index in [1.165, 1.54) is 89.9 Å². The van der Waals surface area contributed by atoms with Crippen molar-refractivity contribution < 1.29 is 14.3 Å². The van der Waals surface area contributed by atoms with Crippen LogP contribution >= 0.6 is 0 Å². The number of carbonyl (C=O) groups excluding carboxylic acids is 1. The summed E-state index contributed by atoms with van der Waals surface area (Å²) < 4.78 is 11.0. The van der Waals surface area contributed by atoms with E-state index in [1.807, 2.05) is 24.3 Å². The molecule has 33 heavy (non-hydrogen) atoms. The predicted molar refractivity (Wildman–Crippen MR) is 134 cm³/mol. The molecule has 4 unspecified atom stereocenters. The van der Waals surface area contributed by atoms with Gasteiger partial charge >= 0.3 is 5.97 Å². The summed E-state index contributed by atoms with van der Waals surface area (Å²) >= 11 is 0. The number of benzene rings is 1. The van der Waals surface area contributed by atoms with Crippen LogP contribution in [0.4, 0.5) is 0 Å². The van der Waals surface area contributed by atoms with Crippen molar-refractivity contribution in [2.45, 2.75) is 103 Å². The van der Waals surface area contributed by atoms with Gasteiger partial charge in [0.05, 0.1) is 13.0 Å². The number of ether oxygens (including phenoxy) is 2. The molecule has 0 bridgehead atoms. The van der Waals surface area contributed by atoms with Gasteiger partial charge in [-0.2, -0.15) is 0 Å². The number of hydrogen-bond acceptors (Lipinski definition) is 3. The molecule has 0 aromatic heterocycles. The number of esters is 1. The Kier molecular flexibility index (Phi) is 9.15. The van der Waals surface area contributed by atoms with Crippen molar-refractivity contribution in [1.29, 1.82) is 0 Å². The maximum atomic E-state index is 13.1. The highest BCUT2D eigenvalue weighted by Gasteiger charge is 2.43. The first-order valence-corrected chi connectivity index (χ1v) is 14.0. The lowest BCUT2D eigenvalue weighted by Crippen LogP contribution is -2.40. The monoisotopic (exact) mass is 454 g/mol. The Balaban J connectivity index is 1.24. The minimum Gasteiger partial charge on any atom is -0.497 e. The largest absolute Gasteiger partial charge is 0.497 e. The molecule has 0 aliphatic heterocycles. The maximum Gasteiger partial charge on any atom is 0.314 e. The van der Waals surface area contributed by atoms with Gasteiger partial charge in [0, 0.05) is 0 Å². The molecule has 3 aliphatic rings. The fraction of sp³-hybridized carbons (Fsp3) is 0.767. The molecule has 4 atom stereocenters. The third-order valence-electron chi connectivity index (χ3n) is 9.29. The molecule has 184 valence electrons. The molecule has 3 fully saturated rings. The SMILES string of the molecule is CCCCCCC1CCC(C2CCC3C(CCCC3C(=O)Oc3ccc(OC)cc3)C2)CC1. The Morgan fingerprint density at radius 3 is 2.27 bits per heavy atom. The minimum atomic E-state index is -0.00287. The van der Waals surface area contributed by atoms with Gasteiger partial charge in [0.25, 0.3) is 0 Å². The fourth-order valence-corrected chi connectivity index (χ4v) is 7.36. The minimum absolute atomic E-state index is 0.00287. The molecular weight excluding hydrogens is 408 g/mol. The van der Waals surface area contributed by atoms with Crippen molar-refractivity contribution in [1.82, 2.24) is 0 Å². The van der Waals surface area contributed by atoms with E-state index >= 15 is 0 Å². The van der Waals surface area contributed by atoms with Gasteiger partial charge < -0.3 is 9.47 Å². The van der Waals surface area contributed by atoms with E-state index in [1.54, 1.807) is 7.11 Å². The van der Waals surface area contributed by atoms with Crippen molar-refractivity contribution in [3.05, 3.63) is 24.3 Å². The Morgan fingerprint density at radius 1 is 0.818 bits per heavy atom. The zero-order valence-corrected chi connectivity index (χ0v) is 21.1. The molecule has 3 saturated carbocycles. The van der Waals surface area contributed by atoms with Crippen LogP contribution in [-0.4, -0.2) is 13.1 Å². The molecule has 0 saturated heterocycles. The van der Waals surface area contributed by atoms with E-state index in [0.29, 0.717) is 11.7 Å². The maximum absolute atomic E-state index is 13.1. The van der Waals surface area contributed by atoms with Crippen LogP contribution < -0.4 is 9.47 Å². The van der Waals surface area contributed by atoms with E-state index in [0.717, 1.165) is 35.8 Å². The summed E-state index contributed by atoms with van der Waals surface area (Å²) in [6.45, 7) is 2.30. The van der Waals surface area contributed by atoms with Gasteiger partial charge in [0.1, 0.15) is 11.5 Å². The molecule has 0 amide bonds. The van der Waals surface area contributed by atoms with Crippen LogP contribution in [0.25, 0.3) is 0 Å². The lowest BCUT2D eigenvalue weighted by molar-refractivity contribution is -0.144. The van der Waals surface area contributed by atoms with Gasteiger partial charge in [0.2, 0.25) is 0 Å². The molecular formula is C30H46O3. The second kappa shape index (κ2) is 12.3. The van der Waals surface area contributed by atoms with Gasteiger partial charge in [-0.1, -0.05) is 64.7 Å². The van der Waals surface area contributed by atoms with Crippen LogP contribution in [0.5, 0.6) is 11.5 Å². The summed E-state index contributed by atoms with van der Waals surface area (Å²) in [7, 11) is 1.65. The molecule has 3 aliphatic carbocycles. The highest BCUT2D eigenvalue weighted by atomic mass is 16.5. The summed E-state index contributed by atoms with van der Waals surface area (Å²) in [5.41, 5.74) is 0. The van der Waals surface area contributed by atoms with Crippen LogP contribution in [0.2, 0.25) is 0 Å². The molecule has 3 nitrogen and oxygen atoms in total. The molecule has 0 heterocycles. The van der Waals surface area contributed by atoms with E-state index in [2.05, 4.69) is 6.92 Å². The summed E-state index contributed by atoms with van der Waals surface area (Å²) in [6, 6.07) is 7.40. The molecule has 0 radical (unpaired) electrons. The van der Waals surface area contributed by atoms with E-state index in [-0.39, 0.29) is 11.9 Å². The van der Waals surface area contributed by atoms with Gasteiger partial charge in [-0.3, -0.25) is 4.79 Å². The van der Waals surface area contributed by atoms with Crippen molar-refractivity contribution in [2.24, 2.45) is 35.5 Å². The van der Waals surface area contributed by atoms with Gasteiger partial charge in [-0.25, -0.2) is 0 Å². The second-order valence-electron chi connectivity index (χ2n) is 11.3. The van der Waals surface area contributed by atoms with E-state index < -0.39 is 0 Å². The number of rotatable bonds is 9. The van der Waals surface area contributed by atoms with Gasteiger partial charge in [0.15, 0.2) is 0 Å². The Morgan fingerprint density at radius 2 is 1.55 bits per heavy atom. The van der Waals surface area contributed by atoms with Crippen LogP contribution in [-0.2, 0) is 4.79 Å². The molecule has 4 rings (SSSR count). The third kappa shape index (κ3) is 6.55. The lowest BCUT2D eigenvalue weighted by atomic mass is 9.59. The fourth-order valence-electron chi connectivity index (χ4n) is 7.36. The standard InChI is InChI=1S/C30H46O3/c1-3-4-5-6-8-22-11-13-23(14-12-22)24-15-20-28-25(21-24)9-7-10-29(28)30(31)33-27-18-16-26(32-2)17-19-27/h16-19,22-25,28-29H,3-15,20-21H2,1-2H3. The van der Waals surface area contributed by atoms with Gasteiger partial charge in [-0.15, -0.1) is 0 Å². The molecule has 3 heteroatoms.